The van der Waals surface area contributed by atoms with E-state index in [1.807, 2.05) is 23.5 Å². The fourth-order valence-electron chi connectivity index (χ4n) is 15.4. The van der Waals surface area contributed by atoms with Crippen LogP contribution < -0.4 is 65.6 Å². The van der Waals surface area contributed by atoms with Crippen LogP contribution in [0.5, 0.6) is 0 Å². The molecule has 11 rings (SSSR count). The lowest BCUT2D eigenvalue weighted by Gasteiger charge is -2.34. The SMILES string of the molecule is Cc1cc(C)c(B2c3ccc(B(c4c(C)cc(C)cc4C)c4c(C)cc(C)cc4C)cc3Sc3cc4c(cc32)Sc2cc(B(c3c(C)cc(C)cc3C)c3c(C)cc(C)cc3C)ccc2B4c2c(C)cc(C)cc2C)c(C)c1. The van der Waals surface area contributed by atoms with E-state index in [-0.39, 0.29) is 26.9 Å². The van der Waals surface area contributed by atoms with Crippen LogP contribution in [0.1, 0.15) is 100 Å². The van der Waals surface area contributed by atoms with Crippen LogP contribution in [0.3, 0.4) is 0 Å². The first-order valence-electron chi connectivity index (χ1n) is 28.3. The zero-order chi connectivity index (χ0) is 55.5. The third kappa shape index (κ3) is 9.41. The Kier molecular flexibility index (Phi) is 14.2. The molecule has 6 heteroatoms. The maximum Gasteiger partial charge on any atom is 0.244 e. The molecule has 0 atom stereocenters. The normalized spacial score (nSPS) is 12.6. The van der Waals surface area contributed by atoms with Crippen molar-refractivity contribution < 1.29 is 0 Å². The van der Waals surface area contributed by atoms with E-state index >= 15 is 0 Å². The van der Waals surface area contributed by atoms with Crippen LogP contribution in [0, 0.1) is 125 Å². The quantitative estimate of drug-likeness (QED) is 0.139. The van der Waals surface area contributed by atoms with Gasteiger partial charge in [-0.3, -0.25) is 0 Å². The predicted octanol–water partition coefficient (Wildman–Crippen LogP) is 10.2. The molecular weight excluding hydrogens is 972 g/mol. The molecule has 9 aromatic rings. The summed E-state index contributed by atoms with van der Waals surface area (Å²) < 4.78 is 0. The van der Waals surface area contributed by atoms with E-state index in [1.165, 1.54) is 185 Å². The number of aryl methyl sites for hydroxylation is 18. The first-order chi connectivity index (χ1) is 37.1. The fourth-order valence-corrected chi connectivity index (χ4v) is 17.8. The largest absolute Gasteiger partial charge is 0.244 e. The Bertz CT molecular complexity index is 3480. The Morgan fingerprint density at radius 1 is 0.244 bits per heavy atom. The van der Waals surface area contributed by atoms with Gasteiger partial charge in [0.1, 0.15) is 0 Å². The van der Waals surface area contributed by atoms with Crippen LogP contribution in [0.2, 0.25) is 0 Å². The molecule has 78 heavy (non-hydrogen) atoms. The lowest BCUT2D eigenvalue weighted by atomic mass is 9.32. The Morgan fingerprint density at radius 2 is 0.462 bits per heavy atom. The summed E-state index contributed by atoms with van der Waals surface area (Å²) in [6.45, 7) is 41.8. The first-order valence-corrected chi connectivity index (χ1v) is 30.0. The van der Waals surface area contributed by atoms with Gasteiger partial charge in [0.05, 0.1) is 0 Å². The molecule has 0 N–H and O–H groups in total. The number of hydrogen-bond acceptors (Lipinski definition) is 2. The van der Waals surface area contributed by atoms with Gasteiger partial charge in [-0.25, -0.2) is 0 Å². The Labute approximate surface area is 478 Å². The van der Waals surface area contributed by atoms with E-state index in [4.69, 9.17) is 0 Å². The van der Waals surface area contributed by atoms with Crippen molar-refractivity contribution in [1.29, 1.82) is 0 Å². The molecule has 0 aromatic heterocycles. The molecule has 0 aliphatic carbocycles. The van der Waals surface area contributed by atoms with Gasteiger partial charge < -0.3 is 0 Å². The Morgan fingerprint density at radius 3 is 0.705 bits per heavy atom. The summed E-state index contributed by atoms with van der Waals surface area (Å²) in [5, 5.41) is 0. The van der Waals surface area contributed by atoms with Gasteiger partial charge in [-0.1, -0.05) is 311 Å². The molecule has 0 fully saturated rings. The summed E-state index contributed by atoms with van der Waals surface area (Å²) in [5.74, 6) is 0. The van der Waals surface area contributed by atoms with Gasteiger partial charge in [0.25, 0.3) is 0 Å². The van der Waals surface area contributed by atoms with Crippen molar-refractivity contribution in [3.63, 3.8) is 0 Å². The average Bonchev–Trinajstić information content (AvgIpc) is 3.46. The zero-order valence-corrected chi connectivity index (χ0v) is 51.3. The average molecular weight is 1050 g/mol. The van der Waals surface area contributed by atoms with E-state index in [9.17, 15) is 0 Å². The molecule has 0 bridgehead atoms. The second-order valence-electron chi connectivity index (χ2n) is 24.3. The summed E-state index contributed by atoms with van der Waals surface area (Å²) >= 11 is 4.00. The summed E-state index contributed by atoms with van der Waals surface area (Å²) in [6.07, 6.45) is 0. The number of hydrogen-bond donors (Lipinski definition) is 0. The van der Waals surface area contributed by atoms with Gasteiger partial charge in [-0.15, -0.1) is 0 Å². The summed E-state index contributed by atoms with van der Waals surface area (Å²) in [5.41, 5.74) is 41.1. The minimum Gasteiger partial charge on any atom is -0.0912 e. The molecule has 2 aliphatic heterocycles. The van der Waals surface area contributed by atoms with E-state index < -0.39 is 0 Å². The Balaban J connectivity index is 1.15. The van der Waals surface area contributed by atoms with E-state index in [1.54, 1.807) is 0 Å². The molecule has 9 aromatic carbocycles. The minimum atomic E-state index is 0.0688. The molecule has 0 unspecified atom stereocenters. The molecule has 386 valence electrons. The topological polar surface area (TPSA) is 0 Å². The standard InChI is InChI=1S/C72H74B4S2/c1-39-23-45(7)67(46(8)24-39)73(68-47(9)25-40(2)26-48(68)10)57-19-21-59-63(35-57)77-65-37-62-66(38-61(65)75(59)71-53(15)31-43(5)32-54(71)16)78-64-36-58(20-22-60(64)76(62)72-55(17)33-44(6)34-56(72)18)74(69-49(11)27-41(3)28-50(69)12)70-51(13)29-42(4)30-52(70)14/h19-38H,1-18H3. The van der Waals surface area contributed by atoms with Crippen molar-refractivity contribution in [2.24, 2.45) is 0 Å². The van der Waals surface area contributed by atoms with Crippen LogP contribution in [0.4, 0.5) is 0 Å². The number of fused-ring (bicyclic) bond motifs is 4. The van der Waals surface area contributed by atoms with E-state index in [0.29, 0.717) is 0 Å². The van der Waals surface area contributed by atoms with Crippen LogP contribution >= 0.6 is 23.5 Å². The highest BCUT2D eigenvalue weighted by Crippen LogP contribution is 2.36. The lowest BCUT2D eigenvalue weighted by Crippen LogP contribution is -2.61. The second-order valence-corrected chi connectivity index (χ2v) is 26.5. The maximum atomic E-state index is 2.64. The van der Waals surface area contributed by atoms with Gasteiger partial charge in [0.2, 0.25) is 26.9 Å². The van der Waals surface area contributed by atoms with Crippen molar-refractivity contribution >= 4 is 116 Å². The monoisotopic (exact) mass is 1050 g/mol. The van der Waals surface area contributed by atoms with Crippen molar-refractivity contribution in [3.05, 3.63) is 221 Å². The molecule has 0 spiro atoms. The fraction of sp³-hybridized carbons (Fsp3) is 0.250. The van der Waals surface area contributed by atoms with E-state index in [0.717, 1.165) is 0 Å². The van der Waals surface area contributed by atoms with Crippen LogP contribution in [-0.2, 0) is 0 Å². The predicted molar refractivity (Wildman–Crippen MR) is 350 cm³/mol. The molecule has 2 aliphatic rings. The molecule has 0 radical (unpaired) electrons. The highest BCUT2D eigenvalue weighted by atomic mass is 32.2. The van der Waals surface area contributed by atoms with Gasteiger partial charge in [0, 0.05) is 19.6 Å². The van der Waals surface area contributed by atoms with Crippen LogP contribution in [0.25, 0.3) is 0 Å². The van der Waals surface area contributed by atoms with Crippen molar-refractivity contribution in [2.75, 3.05) is 0 Å². The Hall–Kier alpha value is -6.06. The molecule has 0 saturated carbocycles. The first kappa shape index (κ1) is 53.9. The van der Waals surface area contributed by atoms with Crippen molar-refractivity contribution in [3.8, 4) is 0 Å². The van der Waals surface area contributed by atoms with Gasteiger partial charge in [0.15, 0.2) is 0 Å². The highest BCUT2D eigenvalue weighted by molar-refractivity contribution is 8.00. The third-order valence-electron chi connectivity index (χ3n) is 17.7. The van der Waals surface area contributed by atoms with Crippen LogP contribution in [-0.4, -0.2) is 26.9 Å². The zero-order valence-electron chi connectivity index (χ0n) is 49.7. The van der Waals surface area contributed by atoms with Gasteiger partial charge >= 0.3 is 0 Å². The summed E-state index contributed by atoms with van der Waals surface area (Å²) in [7, 11) is 0. The molecule has 0 saturated heterocycles. The summed E-state index contributed by atoms with van der Waals surface area (Å²) in [6, 6.07) is 49.3. The van der Waals surface area contributed by atoms with Crippen LogP contribution in [0.15, 0.2) is 141 Å². The molecular formula is C72H74B4S2. The number of benzene rings is 9. The smallest absolute Gasteiger partial charge is 0.0912 e. The third-order valence-corrected chi connectivity index (χ3v) is 20.0. The second kappa shape index (κ2) is 20.6. The molecule has 0 amide bonds. The molecule has 2 heterocycles. The molecule has 0 nitrogen and oxygen atoms in total. The maximum absolute atomic E-state index is 2.64. The van der Waals surface area contributed by atoms with E-state index in [2.05, 4.69) is 246 Å². The summed E-state index contributed by atoms with van der Waals surface area (Å²) in [4.78, 5) is 5.46. The minimum absolute atomic E-state index is 0.0688. The van der Waals surface area contributed by atoms with Gasteiger partial charge in [-0.05, 0) is 125 Å². The van der Waals surface area contributed by atoms with Gasteiger partial charge in [-0.2, -0.15) is 0 Å². The van der Waals surface area contributed by atoms with Crippen molar-refractivity contribution in [1.82, 2.24) is 0 Å². The highest BCUT2D eigenvalue weighted by Gasteiger charge is 2.41. The van der Waals surface area contributed by atoms with Crippen molar-refractivity contribution in [2.45, 2.75) is 144 Å². The lowest BCUT2D eigenvalue weighted by molar-refractivity contribution is 1.33. The number of rotatable bonds is 8.